The summed E-state index contributed by atoms with van der Waals surface area (Å²) < 4.78 is 0. The number of hydrogen-bond acceptors (Lipinski definition) is 4. The summed E-state index contributed by atoms with van der Waals surface area (Å²) in [5.74, 6) is -0.749. The highest BCUT2D eigenvalue weighted by Crippen LogP contribution is 2.35. The molecule has 0 spiro atoms. The second kappa shape index (κ2) is 6.43. The summed E-state index contributed by atoms with van der Waals surface area (Å²) in [6.07, 6.45) is 3.34. The van der Waals surface area contributed by atoms with Crippen molar-refractivity contribution in [1.29, 1.82) is 0 Å². The number of carbonyl (C=O) groups excluding carboxylic acids is 1. The van der Waals surface area contributed by atoms with E-state index in [1.165, 1.54) is 11.3 Å². The van der Waals surface area contributed by atoms with E-state index in [9.17, 15) is 14.7 Å². The third kappa shape index (κ3) is 3.34. The number of piperidine rings is 1. The number of hydrogen-bond donors (Lipinski definition) is 2. The second-order valence-electron chi connectivity index (χ2n) is 5.47. The normalized spacial score (nSPS) is 19.0. The maximum atomic E-state index is 12.2. The Morgan fingerprint density at radius 1 is 1.52 bits per heavy atom. The molecule has 2 heterocycles. The highest BCUT2D eigenvalue weighted by atomic mass is 32.1. The summed E-state index contributed by atoms with van der Waals surface area (Å²) in [4.78, 5) is 29.5. The van der Waals surface area contributed by atoms with Crippen LogP contribution in [0.3, 0.4) is 0 Å². The molecular formula is C14H21N3O3S. The van der Waals surface area contributed by atoms with Gasteiger partial charge in [0.2, 0.25) is 0 Å². The van der Waals surface area contributed by atoms with Crippen LogP contribution in [0.4, 0.5) is 4.79 Å². The average Bonchev–Trinajstić information content (AvgIpc) is 3.01. The first-order chi connectivity index (χ1) is 9.98. The van der Waals surface area contributed by atoms with Gasteiger partial charge in [0.15, 0.2) is 0 Å². The van der Waals surface area contributed by atoms with Gasteiger partial charge in [-0.3, -0.25) is 4.79 Å². The monoisotopic (exact) mass is 311 g/mol. The van der Waals surface area contributed by atoms with Crippen molar-refractivity contribution in [2.75, 3.05) is 13.1 Å². The Bertz CT molecular complexity index is 496. The molecule has 2 rings (SSSR count). The van der Waals surface area contributed by atoms with Crippen LogP contribution in [0, 0.1) is 5.41 Å². The van der Waals surface area contributed by atoms with Crippen LogP contribution in [0.15, 0.2) is 11.6 Å². The Morgan fingerprint density at radius 3 is 2.67 bits per heavy atom. The number of urea groups is 1. The van der Waals surface area contributed by atoms with E-state index in [0.717, 1.165) is 5.01 Å². The highest BCUT2D eigenvalue weighted by Gasteiger charge is 2.40. The van der Waals surface area contributed by atoms with Crippen LogP contribution in [0.2, 0.25) is 0 Å². The molecule has 1 aromatic heterocycles. The molecule has 7 heteroatoms. The van der Waals surface area contributed by atoms with E-state index < -0.39 is 11.4 Å². The van der Waals surface area contributed by atoms with Gasteiger partial charge in [-0.25, -0.2) is 9.78 Å². The molecule has 116 valence electrons. The number of likely N-dealkylation sites (tertiary alicyclic amines) is 1. The largest absolute Gasteiger partial charge is 0.481 e. The molecule has 0 bridgehead atoms. The number of nitrogens with one attached hydrogen (secondary N) is 1. The minimum absolute atomic E-state index is 0.130. The van der Waals surface area contributed by atoms with Gasteiger partial charge in [0.25, 0.3) is 0 Å². The lowest BCUT2D eigenvalue weighted by Crippen LogP contribution is -2.49. The van der Waals surface area contributed by atoms with Crippen molar-refractivity contribution in [1.82, 2.24) is 15.2 Å². The van der Waals surface area contributed by atoms with Crippen LogP contribution < -0.4 is 5.32 Å². The quantitative estimate of drug-likeness (QED) is 0.895. The summed E-state index contributed by atoms with van der Waals surface area (Å²) in [5, 5.41) is 15.0. The fraction of sp³-hybridized carbons (Fsp3) is 0.643. The van der Waals surface area contributed by atoms with Gasteiger partial charge in [-0.05, 0) is 26.2 Å². The molecule has 0 saturated carbocycles. The van der Waals surface area contributed by atoms with Crippen LogP contribution >= 0.6 is 11.3 Å². The zero-order valence-electron chi connectivity index (χ0n) is 12.3. The molecule has 1 aliphatic heterocycles. The third-order valence-corrected chi connectivity index (χ3v) is 5.26. The molecule has 1 atom stereocenters. The van der Waals surface area contributed by atoms with Crippen molar-refractivity contribution < 1.29 is 14.7 Å². The molecule has 1 saturated heterocycles. The molecular weight excluding hydrogens is 290 g/mol. The number of carboxylic acid groups (broad SMARTS) is 1. The average molecular weight is 311 g/mol. The molecule has 2 amide bonds. The predicted octanol–water partition coefficient (Wildman–Crippen LogP) is 2.49. The van der Waals surface area contributed by atoms with Crippen molar-refractivity contribution in [2.45, 2.75) is 39.2 Å². The molecule has 0 radical (unpaired) electrons. The van der Waals surface area contributed by atoms with Crippen molar-refractivity contribution >= 4 is 23.3 Å². The lowest BCUT2D eigenvalue weighted by Gasteiger charge is -2.38. The van der Waals surface area contributed by atoms with E-state index >= 15 is 0 Å². The van der Waals surface area contributed by atoms with Crippen LogP contribution in [0.25, 0.3) is 0 Å². The maximum Gasteiger partial charge on any atom is 0.317 e. The summed E-state index contributed by atoms with van der Waals surface area (Å²) >= 11 is 1.50. The van der Waals surface area contributed by atoms with E-state index in [1.807, 2.05) is 19.2 Å². The molecule has 2 N–H and O–H groups in total. The molecule has 0 aromatic carbocycles. The van der Waals surface area contributed by atoms with Gasteiger partial charge in [0.1, 0.15) is 5.01 Å². The number of carbonyl (C=O) groups is 2. The first-order valence-electron chi connectivity index (χ1n) is 7.17. The number of thiazole rings is 1. The molecule has 0 aliphatic carbocycles. The SMILES string of the molecule is CCC1(C(=O)O)CCN(C(=O)NC(C)c2nccs2)CC1. The predicted molar refractivity (Wildman–Crippen MR) is 80.2 cm³/mol. The first-order valence-corrected chi connectivity index (χ1v) is 8.05. The lowest BCUT2D eigenvalue weighted by molar-refractivity contribution is -0.151. The van der Waals surface area contributed by atoms with Gasteiger partial charge in [0, 0.05) is 24.7 Å². The molecule has 1 aromatic rings. The Hall–Kier alpha value is -1.63. The van der Waals surface area contributed by atoms with Crippen LogP contribution in [0.5, 0.6) is 0 Å². The smallest absolute Gasteiger partial charge is 0.317 e. The summed E-state index contributed by atoms with van der Waals surface area (Å²) in [7, 11) is 0. The van der Waals surface area contributed by atoms with Gasteiger partial charge in [-0.15, -0.1) is 11.3 Å². The Labute approximate surface area is 128 Å². The van der Waals surface area contributed by atoms with E-state index in [4.69, 9.17) is 0 Å². The topological polar surface area (TPSA) is 82.5 Å². The second-order valence-corrected chi connectivity index (χ2v) is 6.39. The minimum Gasteiger partial charge on any atom is -0.481 e. The fourth-order valence-corrected chi connectivity index (χ4v) is 3.29. The maximum absolute atomic E-state index is 12.2. The van der Waals surface area contributed by atoms with Crippen molar-refractivity contribution in [3.8, 4) is 0 Å². The number of carboxylic acids is 1. The Morgan fingerprint density at radius 2 is 2.19 bits per heavy atom. The van der Waals surface area contributed by atoms with Gasteiger partial charge >= 0.3 is 12.0 Å². The van der Waals surface area contributed by atoms with Crippen LogP contribution in [0.1, 0.15) is 44.2 Å². The van der Waals surface area contributed by atoms with E-state index in [1.54, 1.807) is 11.1 Å². The summed E-state index contributed by atoms with van der Waals surface area (Å²) in [6, 6.07) is -0.275. The highest BCUT2D eigenvalue weighted by molar-refractivity contribution is 7.09. The van der Waals surface area contributed by atoms with Crippen molar-refractivity contribution in [2.24, 2.45) is 5.41 Å². The van der Waals surface area contributed by atoms with E-state index in [2.05, 4.69) is 10.3 Å². The van der Waals surface area contributed by atoms with E-state index in [-0.39, 0.29) is 12.1 Å². The van der Waals surface area contributed by atoms with E-state index in [0.29, 0.717) is 32.4 Å². The minimum atomic E-state index is -0.749. The zero-order valence-corrected chi connectivity index (χ0v) is 13.2. The summed E-state index contributed by atoms with van der Waals surface area (Å²) in [6.45, 7) is 4.76. The standard InChI is InChI=1S/C14H21N3O3S/c1-3-14(12(18)19)4-7-17(8-5-14)13(20)16-10(2)11-15-6-9-21-11/h6,9-10H,3-5,7-8H2,1-2H3,(H,16,20)(H,18,19). The number of amides is 2. The molecule has 1 unspecified atom stereocenters. The molecule has 21 heavy (non-hydrogen) atoms. The molecule has 6 nitrogen and oxygen atoms in total. The van der Waals surface area contributed by atoms with Crippen molar-refractivity contribution in [3.63, 3.8) is 0 Å². The van der Waals surface area contributed by atoms with Gasteiger partial charge in [-0.2, -0.15) is 0 Å². The molecule has 1 aliphatic rings. The van der Waals surface area contributed by atoms with Crippen molar-refractivity contribution in [3.05, 3.63) is 16.6 Å². The van der Waals surface area contributed by atoms with Crippen LogP contribution in [-0.2, 0) is 4.79 Å². The lowest BCUT2D eigenvalue weighted by atomic mass is 9.76. The molecule has 1 fully saturated rings. The number of aliphatic carboxylic acids is 1. The fourth-order valence-electron chi connectivity index (χ4n) is 2.64. The number of rotatable bonds is 4. The van der Waals surface area contributed by atoms with Gasteiger partial charge < -0.3 is 15.3 Å². The van der Waals surface area contributed by atoms with Crippen LogP contribution in [-0.4, -0.2) is 40.1 Å². The Balaban J connectivity index is 1.90. The summed E-state index contributed by atoms with van der Waals surface area (Å²) in [5.41, 5.74) is -0.669. The third-order valence-electron chi connectivity index (χ3n) is 4.30. The number of nitrogens with zero attached hydrogens (tertiary/aromatic N) is 2. The first kappa shape index (κ1) is 15.8. The number of aromatic nitrogens is 1. The Kier molecular flexibility index (Phi) is 4.82. The zero-order chi connectivity index (χ0) is 15.5. The van der Waals surface area contributed by atoms with Gasteiger partial charge in [-0.1, -0.05) is 6.92 Å². The van der Waals surface area contributed by atoms with Gasteiger partial charge in [0.05, 0.1) is 11.5 Å².